The lowest BCUT2D eigenvalue weighted by Crippen LogP contribution is -2.54. The van der Waals surface area contributed by atoms with E-state index in [0.717, 1.165) is 32.2 Å². The smallest absolute Gasteiger partial charge is 0.216 e. The van der Waals surface area contributed by atoms with Crippen molar-refractivity contribution in [2.45, 2.75) is 33.0 Å². The van der Waals surface area contributed by atoms with Gasteiger partial charge in [0.15, 0.2) is 5.96 Å². The van der Waals surface area contributed by atoms with Gasteiger partial charge < -0.3 is 24.6 Å². The summed E-state index contributed by atoms with van der Waals surface area (Å²) in [6.45, 7) is 12.2. The summed E-state index contributed by atoms with van der Waals surface area (Å²) in [6.07, 6.45) is 0.147. The van der Waals surface area contributed by atoms with Gasteiger partial charge >= 0.3 is 0 Å². The number of guanidine groups is 1. The molecule has 0 spiro atoms. The van der Waals surface area contributed by atoms with E-state index in [2.05, 4.69) is 22.2 Å². The Bertz CT molecular complexity index is 591. The van der Waals surface area contributed by atoms with Crippen molar-refractivity contribution in [2.24, 2.45) is 4.99 Å². The van der Waals surface area contributed by atoms with Crippen molar-refractivity contribution in [1.29, 1.82) is 0 Å². The first-order chi connectivity index (χ1) is 13.3. The number of rotatable bonds is 8. The van der Waals surface area contributed by atoms with E-state index in [4.69, 9.17) is 14.5 Å². The highest BCUT2D eigenvalue weighted by Crippen LogP contribution is 2.10. The first-order valence-electron chi connectivity index (χ1n) is 10.2. The first kappa shape index (κ1) is 23.3. The van der Waals surface area contributed by atoms with Gasteiger partial charge in [-0.3, -0.25) is 4.99 Å². The van der Waals surface area contributed by atoms with Crippen LogP contribution in [0.15, 0.2) is 4.99 Å². The van der Waals surface area contributed by atoms with E-state index in [1.165, 1.54) is 0 Å². The Morgan fingerprint density at radius 3 is 2.57 bits per heavy atom. The number of nitrogens with one attached hydrogen (secondary N) is 1. The van der Waals surface area contributed by atoms with Gasteiger partial charge in [-0.05, 0) is 27.8 Å². The zero-order valence-electron chi connectivity index (χ0n) is 17.8. The molecule has 1 N–H and O–H groups in total. The number of aliphatic imine (C=N–C) groups is 1. The highest BCUT2D eigenvalue weighted by molar-refractivity contribution is 7.89. The fourth-order valence-corrected chi connectivity index (χ4v) is 4.57. The SMILES string of the molecule is CCNC(=NCC1CN(C)CCO1)N1CCN(S(=O)(=O)CCOC(C)C)CC1. The third-order valence-corrected chi connectivity index (χ3v) is 6.68. The average molecular weight is 420 g/mol. The van der Waals surface area contributed by atoms with Gasteiger partial charge in [0.05, 0.1) is 37.7 Å². The topological polar surface area (TPSA) is 86.7 Å². The van der Waals surface area contributed by atoms with Crippen molar-refractivity contribution >= 4 is 16.0 Å². The minimum atomic E-state index is -3.28. The normalized spacial score (nSPS) is 23.4. The summed E-state index contributed by atoms with van der Waals surface area (Å²) < 4.78 is 37.7. The minimum absolute atomic E-state index is 0.0336. The molecule has 1 atom stereocenters. The number of hydrogen-bond donors (Lipinski definition) is 1. The van der Waals surface area contributed by atoms with Crippen molar-refractivity contribution in [2.75, 3.05) is 78.4 Å². The standard InChI is InChI=1S/C18H37N5O4S/c1-5-19-18(20-14-17-15-21(4)10-11-27-17)22-6-8-23(9-7-22)28(24,25)13-12-26-16(2)3/h16-17H,5-15H2,1-4H3,(H,19,20). The summed E-state index contributed by atoms with van der Waals surface area (Å²) >= 11 is 0. The maximum atomic E-state index is 12.5. The lowest BCUT2D eigenvalue weighted by atomic mass is 10.3. The molecule has 0 aromatic carbocycles. The maximum Gasteiger partial charge on any atom is 0.216 e. The molecule has 1 unspecified atom stereocenters. The van der Waals surface area contributed by atoms with Crippen LogP contribution in [0.1, 0.15) is 20.8 Å². The highest BCUT2D eigenvalue weighted by Gasteiger charge is 2.28. The zero-order valence-corrected chi connectivity index (χ0v) is 18.6. The van der Waals surface area contributed by atoms with E-state index in [0.29, 0.717) is 32.7 Å². The maximum absolute atomic E-state index is 12.5. The van der Waals surface area contributed by atoms with Gasteiger partial charge in [0.25, 0.3) is 0 Å². The van der Waals surface area contributed by atoms with Crippen LogP contribution in [0.4, 0.5) is 0 Å². The van der Waals surface area contributed by atoms with Gasteiger partial charge in [-0.15, -0.1) is 0 Å². The van der Waals surface area contributed by atoms with Gasteiger partial charge in [0.2, 0.25) is 10.0 Å². The fraction of sp³-hybridized carbons (Fsp3) is 0.944. The van der Waals surface area contributed by atoms with E-state index in [9.17, 15) is 8.42 Å². The Balaban J connectivity index is 1.86. The zero-order chi connectivity index (χ0) is 20.6. The molecule has 0 aliphatic carbocycles. The molecule has 2 heterocycles. The molecule has 2 aliphatic rings. The van der Waals surface area contributed by atoms with Crippen LogP contribution in [0.5, 0.6) is 0 Å². The molecule has 0 bridgehead atoms. The molecule has 0 aromatic heterocycles. The van der Waals surface area contributed by atoms with Gasteiger partial charge in [0, 0.05) is 45.8 Å². The van der Waals surface area contributed by atoms with Crippen LogP contribution in [0.25, 0.3) is 0 Å². The molecule has 9 nitrogen and oxygen atoms in total. The molecule has 28 heavy (non-hydrogen) atoms. The van der Waals surface area contributed by atoms with Crippen LogP contribution in [0.3, 0.4) is 0 Å². The first-order valence-corrected chi connectivity index (χ1v) is 11.9. The lowest BCUT2D eigenvalue weighted by Gasteiger charge is -2.36. The Kier molecular flexibility index (Phi) is 9.42. The number of morpholine rings is 1. The minimum Gasteiger partial charge on any atom is -0.378 e. The van der Waals surface area contributed by atoms with Crippen molar-refractivity contribution in [3.63, 3.8) is 0 Å². The monoisotopic (exact) mass is 419 g/mol. The summed E-state index contributed by atoms with van der Waals surface area (Å²) in [5, 5.41) is 3.32. The molecule has 0 radical (unpaired) electrons. The molecule has 164 valence electrons. The van der Waals surface area contributed by atoms with E-state index in [1.54, 1.807) is 4.31 Å². The largest absolute Gasteiger partial charge is 0.378 e. The summed E-state index contributed by atoms with van der Waals surface area (Å²) in [5.74, 6) is 0.866. The third-order valence-electron chi connectivity index (χ3n) is 4.85. The van der Waals surface area contributed by atoms with Crippen LogP contribution in [0.2, 0.25) is 0 Å². The molecular weight excluding hydrogens is 382 g/mol. The van der Waals surface area contributed by atoms with Crippen LogP contribution in [0, 0.1) is 0 Å². The van der Waals surface area contributed by atoms with Crippen LogP contribution in [-0.2, 0) is 19.5 Å². The summed E-state index contributed by atoms with van der Waals surface area (Å²) in [4.78, 5) is 9.13. The molecule has 10 heteroatoms. The van der Waals surface area contributed by atoms with Crippen molar-refractivity contribution in [3.8, 4) is 0 Å². The fourth-order valence-electron chi connectivity index (χ4n) is 3.29. The highest BCUT2D eigenvalue weighted by atomic mass is 32.2. The molecule has 0 aromatic rings. The summed E-state index contributed by atoms with van der Waals surface area (Å²) in [5.41, 5.74) is 0. The summed E-state index contributed by atoms with van der Waals surface area (Å²) in [6, 6.07) is 0. The van der Waals surface area contributed by atoms with Crippen LogP contribution in [-0.4, -0.2) is 119 Å². The van der Waals surface area contributed by atoms with E-state index in [1.807, 2.05) is 20.8 Å². The molecule has 2 rings (SSSR count). The number of sulfonamides is 1. The number of piperazine rings is 1. The second kappa shape index (κ2) is 11.3. The van der Waals surface area contributed by atoms with Gasteiger partial charge in [0.1, 0.15) is 0 Å². The lowest BCUT2D eigenvalue weighted by molar-refractivity contribution is -0.0137. The van der Waals surface area contributed by atoms with E-state index < -0.39 is 10.0 Å². The average Bonchev–Trinajstić information content (AvgIpc) is 2.65. The van der Waals surface area contributed by atoms with Crippen molar-refractivity contribution in [1.82, 2.24) is 19.4 Å². The number of hydrogen-bond acceptors (Lipinski definition) is 6. The Morgan fingerprint density at radius 2 is 1.96 bits per heavy atom. The Morgan fingerprint density at radius 1 is 1.25 bits per heavy atom. The molecule has 0 amide bonds. The number of nitrogens with zero attached hydrogens (tertiary/aromatic N) is 4. The Labute approximate surface area is 170 Å². The molecular formula is C18H37N5O4S. The molecule has 2 aliphatic heterocycles. The number of ether oxygens (including phenoxy) is 2. The molecule has 0 saturated carbocycles. The quantitative estimate of drug-likeness (QED) is 0.425. The third kappa shape index (κ3) is 7.47. The molecule has 2 fully saturated rings. The van der Waals surface area contributed by atoms with Crippen molar-refractivity contribution in [3.05, 3.63) is 0 Å². The second-order valence-electron chi connectivity index (χ2n) is 7.57. The second-order valence-corrected chi connectivity index (χ2v) is 9.66. The number of likely N-dealkylation sites (N-methyl/N-ethyl adjacent to an activating group) is 1. The van der Waals surface area contributed by atoms with Gasteiger partial charge in [-0.2, -0.15) is 4.31 Å². The van der Waals surface area contributed by atoms with Crippen molar-refractivity contribution < 1.29 is 17.9 Å². The summed E-state index contributed by atoms with van der Waals surface area (Å²) in [7, 11) is -1.19. The Hall–Kier alpha value is -0.940. The predicted molar refractivity (Wildman–Crippen MR) is 111 cm³/mol. The van der Waals surface area contributed by atoms with E-state index in [-0.39, 0.29) is 24.6 Å². The predicted octanol–water partition coefficient (Wildman–Crippen LogP) is -0.345. The van der Waals surface area contributed by atoms with E-state index >= 15 is 0 Å². The van der Waals surface area contributed by atoms with Crippen LogP contribution < -0.4 is 5.32 Å². The van der Waals surface area contributed by atoms with Gasteiger partial charge in [-0.1, -0.05) is 0 Å². The molecule has 2 saturated heterocycles. The van der Waals surface area contributed by atoms with Gasteiger partial charge in [-0.25, -0.2) is 8.42 Å². The van der Waals surface area contributed by atoms with Crippen LogP contribution >= 0.6 is 0 Å².